The Morgan fingerprint density at radius 2 is 1.95 bits per heavy atom. The maximum Gasteiger partial charge on any atom is 0.240 e. The van der Waals surface area contributed by atoms with Gasteiger partial charge < -0.3 is 10.6 Å². The van der Waals surface area contributed by atoms with Crippen molar-refractivity contribution in [3.8, 4) is 0 Å². The first kappa shape index (κ1) is 14.4. The molecule has 108 valence electrons. The average molecular weight is 266 g/mol. The summed E-state index contributed by atoms with van der Waals surface area (Å²) < 4.78 is 0. The molecule has 4 nitrogen and oxygen atoms in total. The summed E-state index contributed by atoms with van der Waals surface area (Å²) in [5.74, 6) is 0.814. The maximum absolute atomic E-state index is 12.4. The second-order valence-electron chi connectivity index (χ2n) is 6.50. The van der Waals surface area contributed by atoms with Crippen LogP contribution in [0.1, 0.15) is 58.8 Å². The first-order valence-corrected chi connectivity index (χ1v) is 7.61. The van der Waals surface area contributed by atoms with Crippen LogP contribution in [0, 0.1) is 11.8 Å². The van der Waals surface area contributed by atoms with E-state index in [2.05, 4.69) is 13.8 Å². The zero-order valence-electron chi connectivity index (χ0n) is 12.1. The van der Waals surface area contributed by atoms with Crippen molar-refractivity contribution in [2.45, 2.75) is 70.9 Å². The fourth-order valence-corrected chi connectivity index (χ4v) is 3.61. The van der Waals surface area contributed by atoms with Gasteiger partial charge >= 0.3 is 0 Å². The molecule has 0 aromatic rings. The van der Waals surface area contributed by atoms with Crippen LogP contribution in [0.4, 0.5) is 0 Å². The number of likely N-dealkylation sites (tertiary alicyclic amines) is 1. The third kappa shape index (κ3) is 3.10. The molecule has 2 amide bonds. The molecule has 0 spiro atoms. The van der Waals surface area contributed by atoms with E-state index in [1.165, 1.54) is 12.8 Å². The Morgan fingerprint density at radius 3 is 2.58 bits per heavy atom. The molecule has 1 aliphatic heterocycles. The lowest BCUT2D eigenvalue weighted by Crippen LogP contribution is -2.48. The lowest BCUT2D eigenvalue weighted by atomic mass is 9.84. The van der Waals surface area contributed by atoms with Crippen LogP contribution in [0.15, 0.2) is 0 Å². The Hall–Kier alpha value is -1.06. The van der Waals surface area contributed by atoms with Gasteiger partial charge in [0.2, 0.25) is 11.8 Å². The molecule has 2 aliphatic rings. The molecule has 1 unspecified atom stereocenters. The summed E-state index contributed by atoms with van der Waals surface area (Å²) in [6.07, 6.45) is 6.79. The summed E-state index contributed by atoms with van der Waals surface area (Å²) in [7, 11) is 0. The minimum atomic E-state index is -0.354. The quantitative estimate of drug-likeness (QED) is 0.846. The number of carbonyl (C=O) groups is 2. The molecule has 0 bridgehead atoms. The molecule has 0 radical (unpaired) electrons. The average Bonchev–Trinajstić information content (AvgIpc) is 2.75. The van der Waals surface area contributed by atoms with Crippen LogP contribution < -0.4 is 5.73 Å². The minimum absolute atomic E-state index is 0.131. The van der Waals surface area contributed by atoms with Crippen LogP contribution >= 0.6 is 0 Å². The van der Waals surface area contributed by atoms with Crippen molar-refractivity contribution in [3.05, 3.63) is 0 Å². The summed E-state index contributed by atoms with van der Waals surface area (Å²) in [5, 5.41) is 0. The Morgan fingerprint density at radius 1 is 1.26 bits per heavy atom. The van der Waals surface area contributed by atoms with Crippen LogP contribution in [-0.4, -0.2) is 28.8 Å². The Kier molecular flexibility index (Phi) is 4.48. The number of carbonyl (C=O) groups excluding carboxylic acids is 2. The molecule has 1 saturated carbocycles. The molecule has 1 saturated heterocycles. The van der Waals surface area contributed by atoms with E-state index in [0.717, 1.165) is 25.7 Å². The van der Waals surface area contributed by atoms with Gasteiger partial charge in [-0.15, -0.1) is 0 Å². The smallest absolute Gasteiger partial charge is 0.240 e. The molecule has 4 heteroatoms. The van der Waals surface area contributed by atoms with E-state index in [1.54, 1.807) is 0 Å². The number of hydrogen-bond acceptors (Lipinski definition) is 2. The lowest BCUT2D eigenvalue weighted by Gasteiger charge is -2.33. The van der Waals surface area contributed by atoms with Crippen molar-refractivity contribution >= 4 is 11.8 Å². The van der Waals surface area contributed by atoms with E-state index < -0.39 is 0 Å². The van der Waals surface area contributed by atoms with Crippen molar-refractivity contribution in [2.75, 3.05) is 0 Å². The van der Waals surface area contributed by atoms with Crippen molar-refractivity contribution in [2.24, 2.45) is 17.6 Å². The normalized spacial score (nSPS) is 30.5. The second kappa shape index (κ2) is 5.93. The summed E-state index contributed by atoms with van der Waals surface area (Å²) in [6.45, 7) is 4.23. The lowest BCUT2D eigenvalue weighted by molar-refractivity contribution is -0.140. The van der Waals surface area contributed by atoms with Gasteiger partial charge in [0.15, 0.2) is 0 Å². The highest BCUT2D eigenvalue weighted by molar-refractivity contribution is 5.87. The zero-order chi connectivity index (χ0) is 14.0. The van der Waals surface area contributed by atoms with E-state index in [4.69, 9.17) is 5.73 Å². The number of hydrogen-bond donors (Lipinski definition) is 1. The van der Waals surface area contributed by atoms with Gasteiger partial charge in [0.1, 0.15) is 6.04 Å². The Labute approximate surface area is 115 Å². The van der Waals surface area contributed by atoms with Gasteiger partial charge in [-0.25, -0.2) is 0 Å². The molecule has 3 atom stereocenters. The van der Waals surface area contributed by atoms with Crippen LogP contribution in [-0.2, 0) is 9.59 Å². The van der Waals surface area contributed by atoms with Gasteiger partial charge in [0, 0.05) is 12.5 Å². The summed E-state index contributed by atoms with van der Waals surface area (Å²) in [5.41, 5.74) is 5.50. The van der Waals surface area contributed by atoms with Gasteiger partial charge in [-0.1, -0.05) is 26.7 Å². The number of nitrogens with two attached hydrogens (primary N) is 1. The number of rotatable bonds is 4. The fourth-order valence-electron chi connectivity index (χ4n) is 3.61. The molecule has 0 aromatic carbocycles. The first-order valence-electron chi connectivity index (χ1n) is 7.61. The maximum atomic E-state index is 12.4. The molecular weight excluding hydrogens is 240 g/mol. The van der Waals surface area contributed by atoms with E-state index >= 15 is 0 Å². The third-order valence-electron chi connectivity index (χ3n) is 4.64. The first-order chi connectivity index (χ1) is 9.00. The SMILES string of the molecule is CC(C)CCC(=O)N1C2CCCC[C@H]2C[C@H]1C(N)=O. The highest BCUT2D eigenvalue weighted by atomic mass is 16.2. The molecule has 19 heavy (non-hydrogen) atoms. The number of fused-ring (bicyclic) bond motifs is 1. The van der Waals surface area contributed by atoms with Gasteiger partial charge in [0.05, 0.1) is 0 Å². The molecule has 2 fully saturated rings. The Bertz CT molecular complexity index is 354. The summed E-state index contributed by atoms with van der Waals surface area (Å²) >= 11 is 0. The second-order valence-corrected chi connectivity index (χ2v) is 6.50. The van der Waals surface area contributed by atoms with Crippen LogP contribution in [0.5, 0.6) is 0 Å². The van der Waals surface area contributed by atoms with Crippen LogP contribution in [0.3, 0.4) is 0 Å². The predicted octanol–water partition coefficient (Wildman–Crippen LogP) is 2.07. The van der Waals surface area contributed by atoms with Crippen LogP contribution in [0.2, 0.25) is 0 Å². The highest BCUT2D eigenvalue weighted by Crippen LogP contribution is 2.40. The highest BCUT2D eigenvalue weighted by Gasteiger charge is 2.46. The molecule has 1 aliphatic carbocycles. The molecule has 2 N–H and O–H groups in total. The van der Waals surface area contributed by atoms with E-state index in [9.17, 15) is 9.59 Å². The van der Waals surface area contributed by atoms with E-state index in [1.807, 2.05) is 4.90 Å². The van der Waals surface area contributed by atoms with Gasteiger partial charge in [0.25, 0.3) is 0 Å². The van der Waals surface area contributed by atoms with Gasteiger partial charge in [-0.05, 0) is 37.5 Å². The minimum Gasteiger partial charge on any atom is -0.368 e. The molecular formula is C15H26N2O2. The largest absolute Gasteiger partial charge is 0.368 e. The van der Waals surface area contributed by atoms with E-state index in [-0.39, 0.29) is 23.9 Å². The molecule has 2 rings (SSSR count). The summed E-state index contributed by atoms with van der Waals surface area (Å²) in [6, 6.07) is -0.0846. The number of nitrogens with zero attached hydrogens (tertiary/aromatic N) is 1. The summed E-state index contributed by atoms with van der Waals surface area (Å²) in [4.78, 5) is 25.9. The van der Waals surface area contributed by atoms with Gasteiger partial charge in [-0.2, -0.15) is 0 Å². The van der Waals surface area contributed by atoms with E-state index in [0.29, 0.717) is 18.3 Å². The molecule has 0 aromatic heterocycles. The van der Waals surface area contributed by atoms with Gasteiger partial charge in [-0.3, -0.25) is 9.59 Å². The molecule has 1 heterocycles. The topological polar surface area (TPSA) is 63.4 Å². The number of amides is 2. The van der Waals surface area contributed by atoms with Crippen molar-refractivity contribution in [3.63, 3.8) is 0 Å². The number of primary amides is 1. The Balaban J connectivity index is 2.08. The van der Waals surface area contributed by atoms with Crippen molar-refractivity contribution < 1.29 is 9.59 Å². The standard InChI is InChI=1S/C15H26N2O2/c1-10(2)7-8-14(18)17-12-6-4-3-5-11(12)9-13(17)15(16)19/h10-13H,3-9H2,1-2H3,(H2,16,19)/t11-,12?,13-/m0/s1. The third-order valence-corrected chi connectivity index (χ3v) is 4.64. The van der Waals surface area contributed by atoms with Crippen molar-refractivity contribution in [1.29, 1.82) is 0 Å². The monoisotopic (exact) mass is 266 g/mol. The van der Waals surface area contributed by atoms with Crippen LogP contribution in [0.25, 0.3) is 0 Å². The van der Waals surface area contributed by atoms with Crippen molar-refractivity contribution in [1.82, 2.24) is 4.90 Å². The zero-order valence-corrected chi connectivity index (χ0v) is 12.1. The predicted molar refractivity (Wildman–Crippen MR) is 74.3 cm³/mol. The fraction of sp³-hybridized carbons (Fsp3) is 0.867.